The largest absolute Gasteiger partial charge is 0.481 e. The highest BCUT2D eigenvalue weighted by Crippen LogP contribution is 2.14. The number of rotatable bonds is 2. The molecule has 0 aliphatic heterocycles. The predicted molar refractivity (Wildman–Crippen MR) is 47.4 cm³/mol. The zero-order chi connectivity index (χ0) is 10.1. The fourth-order valence-corrected chi connectivity index (χ4v) is 1.12. The van der Waals surface area contributed by atoms with E-state index in [1.807, 2.05) is 0 Å². The summed E-state index contributed by atoms with van der Waals surface area (Å²) in [5, 5.41) is 15.5. The van der Waals surface area contributed by atoms with Gasteiger partial charge < -0.3 is 10.8 Å². The quantitative estimate of drug-likeness (QED) is 0.595. The highest BCUT2D eigenvalue weighted by molar-refractivity contribution is 5.84. The van der Waals surface area contributed by atoms with Crippen molar-refractivity contribution in [1.29, 1.82) is 0 Å². The number of H-pyrrole nitrogens is 1. The average molecular weight is 193 g/mol. The molecule has 7 nitrogen and oxygen atoms in total. The molecule has 0 fully saturated rings. The summed E-state index contributed by atoms with van der Waals surface area (Å²) in [5.74, 6) is -0.588. The molecule has 2 aromatic heterocycles. The molecule has 2 aromatic rings. The number of hydrogen-bond acceptors (Lipinski definition) is 5. The van der Waals surface area contributed by atoms with Crippen molar-refractivity contribution in [2.75, 3.05) is 5.73 Å². The summed E-state index contributed by atoms with van der Waals surface area (Å²) in [4.78, 5) is 18.2. The highest BCUT2D eigenvalue weighted by Gasteiger charge is 2.09. The number of carboxylic acids is 1. The molecular formula is C7H7N5O2. The zero-order valence-corrected chi connectivity index (χ0v) is 7.06. The number of aliphatic carboxylic acids is 1. The van der Waals surface area contributed by atoms with E-state index in [1.54, 1.807) is 0 Å². The number of aromatic nitrogens is 4. The van der Waals surface area contributed by atoms with Crippen LogP contribution in [-0.2, 0) is 11.2 Å². The Bertz CT molecular complexity index is 492. The van der Waals surface area contributed by atoms with E-state index in [0.717, 1.165) is 0 Å². The van der Waals surface area contributed by atoms with Gasteiger partial charge >= 0.3 is 5.97 Å². The molecule has 0 unspecified atom stereocenters. The third-order valence-electron chi connectivity index (χ3n) is 1.69. The first-order chi connectivity index (χ1) is 6.66. The van der Waals surface area contributed by atoms with Crippen LogP contribution in [0.5, 0.6) is 0 Å². The Morgan fingerprint density at radius 1 is 1.57 bits per heavy atom. The summed E-state index contributed by atoms with van der Waals surface area (Å²) < 4.78 is 0. The normalized spacial score (nSPS) is 10.6. The summed E-state index contributed by atoms with van der Waals surface area (Å²) in [6, 6.07) is 0. The van der Waals surface area contributed by atoms with Crippen molar-refractivity contribution in [3.63, 3.8) is 0 Å². The Kier molecular flexibility index (Phi) is 1.77. The molecule has 72 valence electrons. The second-order valence-corrected chi connectivity index (χ2v) is 2.73. The molecule has 0 aromatic carbocycles. The standard InChI is InChI=1S/C7H7N5O2/c8-6-3-2-9-12-7(3)11-4(10-6)1-5(13)14/h2H,1H2,(H,13,14)(H3,8,9,10,11,12). The van der Waals surface area contributed by atoms with Gasteiger partial charge in [-0.3, -0.25) is 9.89 Å². The van der Waals surface area contributed by atoms with Gasteiger partial charge in [0, 0.05) is 0 Å². The van der Waals surface area contributed by atoms with Gasteiger partial charge in [0.15, 0.2) is 5.65 Å². The van der Waals surface area contributed by atoms with Crippen molar-refractivity contribution < 1.29 is 9.90 Å². The minimum Gasteiger partial charge on any atom is -0.481 e. The third-order valence-corrected chi connectivity index (χ3v) is 1.69. The maximum absolute atomic E-state index is 10.4. The van der Waals surface area contributed by atoms with Crippen LogP contribution in [0, 0.1) is 0 Å². The zero-order valence-electron chi connectivity index (χ0n) is 7.06. The number of nitrogens with zero attached hydrogens (tertiary/aromatic N) is 3. The first kappa shape index (κ1) is 8.42. The van der Waals surface area contributed by atoms with Crippen molar-refractivity contribution in [3.8, 4) is 0 Å². The molecule has 0 radical (unpaired) electrons. The van der Waals surface area contributed by atoms with E-state index in [-0.39, 0.29) is 18.1 Å². The van der Waals surface area contributed by atoms with Crippen LogP contribution >= 0.6 is 0 Å². The second-order valence-electron chi connectivity index (χ2n) is 2.73. The van der Waals surface area contributed by atoms with Gasteiger partial charge in [0.2, 0.25) is 0 Å². The van der Waals surface area contributed by atoms with Gasteiger partial charge in [-0.25, -0.2) is 9.97 Å². The van der Waals surface area contributed by atoms with Gasteiger partial charge in [-0.05, 0) is 0 Å². The molecule has 0 spiro atoms. The van der Waals surface area contributed by atoms with Crippen molar-refractivity contribution in [2.24, 2.45) is 0 Å². The Labute approximate surface area is 78.0 Å². The van der Waals surface area contributed by atoms with E-state index in [9.17, 15) is 4.79 Å². The monoisotopic (exact) mass is 193 g/mol. The van der Waals surface area contributed by atoms with Crippen LogP contribution in [0.25, 0.3) is 11.0 Å². The van der Waals surface area contributed by atoms with Crippen molar-refractivity contribution in [2.45, 2.75) is 6.42 Å². The average Bonchev–Trinajstić information content (AvgIpc) is 2.50. The van der Waals surface area contributed by atoms with Crippen LogP contribution in [0.1, 0.15) is 5.82 Å². The smallest absolute Gasteiger partial charge is 0.311 e. The molecule has 2 heterocycles. The maximum Gasteiger partial charge on any atom is 0.311 e. The SMILES string of the molecule is Nc1nc(CC(=O)O)nc2[nH]ncc12. The molecule has 7 heteroatoms. The van der Waals surface area contributed by atoms with Gasteiger partial charge in [-0.2, -0.15) is 5.10 Å². The van der Waals surface area contributed by atoms with E-state index < -0.39 is 5.97 Å². The lowest BCUT2D eigenvalue weighted by atomic mass is 10.3. The molecule has 0 aliphatic carbocycles. The van der Waals surface area contributed by atoms with Gasteiger partial charge in [-0.1, -0.05) is 0 Å². The van der Waals surface area contributed by atoms with Crippen molar-refractivity contribution in [1.82, 2.24) is 20.2 Å². The Balaban J connectivity index is 2.53. The van der Waals surface area contributed by atoms with Crippen LogP contribution < -0.4 is 5.73 Å². The Morgan fingerprint density at radius 3 is 3.07 bits per heavy atom. The van der Waals surface area contributed by atoms with E-state index >= 15 is 0 Å². The molecule has 0 saturated heterocycles. The maximum atomic E-state index is 10.4. The molecule has 0 bridgehead atoms. The van der Waals surface area contributed by atoms with E-state index in [2.05, 4.69) is 20.2 Å². The first-order valence-corrected chi connectivity index (χ1v) is 3.84. The lowest BCUT2D eigenvalue weighted by Gasteiger charge is -1.98. The van der Waals surface area contributed by atoms with Gasteiger partial charge in [0.25, 0.3) is 0 Å². The van der Waals surface area contributed by atoms with Crippen LogP contribution in [0.3, 0.4) is 0 Å². The summed E-state index contributed by atoms with van der Waals surface area (Å²) in [6.45, 7) is 0. The molecule has 0 amide bonds. The van der Waals surface area contributed by atoms with Crippen LogP contribution in [0.15, 0.2) is 6.20 Å². The lowest BCUT2D eigenvalue weighted by molar-refractivity contribution is -0.136. The van der Waals surface area contributed by atoms with E-state index in [4.69, 9.17) is 10.8 Å². The summed E-state index contributed by atoms with van der Waals surface area (Å²) in [6.07, 6.45) is 1.24. The van der Waals surface area contributed by atoms with Crippen molar-refractivity contribution in [3.05, 3.63) is 12.0 Å². The summed E-state index contributed by atoms with van der Waals surface area (Å²) in [7, 11) is 0. The third kappa shape index (κ3) is 1.35. The van der Waals surface area contributed by atoms with E-state index in [0.29, 0.717) is 11.0 Å². The number of nitrogens with one attached hydrogen (secondary N) is 1. The van der Waals surface area contributed by atoms with Crippen LogP contribution in [0.4, 0.5) is 5.82 Å². The number of fused-ring (bicyclic) bond motifs is 1. The van der Waals surface area contributed by atoms with Crippen molar-refractivity contribution >= 4 is 22.8 Å². The minimum atomic E-state index is -0.997. The Morgan fingerprint density at radius 2 is 2.36 bits per heavy atom. The molecule has 2 rings (SSSR count). The second kappa shape index (κ2) is 2.95. The highest BCUT2D eigenvalue weighted by atomic mass is 16.4. The molecule has 0 aliphatic rings. The number of nitrogen functional groups attached to an aromatic ring is 1. The fraction of sp³-hybridized carbons (Fsp3) is 0.143. The van der Waals surface area contributed by atoms with Crippen LogP contribution in [-0.4, -0.2) is 31.2 Å². The summed E-state index contributed by atoms with van der Waals surface area (Å²) in [5.41, 5.74) is 6.03. The molecule has 4 N–H and O–H groups in total. The van der Waals surface area contributed by atoms with Gasteiger partial charge in [-0.15, -0.1) is 0 Å². The molecule has 14 heavy (non-hydrogen) atoms. The number of nitrogens with two attached hydrogens (primary N) is 1. The lowest BCUT2D eigenvalue weighted by Crippen LogP contribution is -2.06. The van der Waals surface area contributed by atoms with Crippen LogP contribution in [0.2, 0.25) is 0 Å². The molecular weight excluding hydrogens is 186 g/mol. The fourth-order valence-electron chi connectivity index (χ4n) is 1.12. The van der Waals surface area contributed by atoms with Gasteiger partial charge in [0.1, 0.15) is 18.1 Å². The molecule has 0 saturated carbocycles. The number of hydrogen-bond donors (Lipinski definition) is 3. The number of carbonyl (C=O) groups is 1. The van der Waals surface area contributed by atoms with Gasteiger partial charge in [0.05, 0.1) is 11.6 Å². The molecule has 0 atom stereocenters. The summed E-state index contributed by atoms with van der Waals surface area (Å²) >= 11 is 0. The number of aromatic amines is 1. The van der Waals surface area contributed by atoms with E-state index in [1.165, 1.54) is 6.20 Å². The topological polar surface area (TPSA) is 118 Å². The number of anilines is 1. The Hall–Kier alpha value is -2.18. The first-order valence-electron chi connectivity index (χ1n) is 3.84. The number of carboxylic acid groups (broad SMARTS) is 1. The minimum absolute atomic E-state index is 0.173. The predicted octanol–water partition coefficient (Wildman–Crippen LogP) is -0.438.